The van der Waals surface area contributed by atoms with Crippen molar-refractivity contribution in [1.82, 2.24) is 15.1 Å². The van der Waals surface area contributed by atoms with Crippen LogP contribution in [0.3, 0.4) is 0 Å². The molecule has 6 nitrogen and oxygen atoms in total. The third kappa shape index (κ3) is 3.45. The molecule has 0 unspecified atom stereocenters. The third-order valence-corrected chi connectivity index (χ3v) is 2.73. The lowest BCUT2D eigenvalue weighted by atomic mass is 10.3. The van der Waals surface area contributed by atoms with Crippen LogP contribution in [0.2, 0.25) is 0 Å². The Morgan fingerprint density at radius 2 is 2.32 bits per heavy atom. The number of carbonyl (C=O) groups is 1. The van der Waals surface area contributed by atoms with Gasteiger partial charge in [0.05, 0.1) is 13.2 Å². The summed E-state index contributed by atoms with van der Waals surface area (Å²) in [6.45, 7) is 3.25. The molecule has 19 heavy (non-hydrogen) atoms. The number of H-pyrrole nitrogens is 1. The summed E-state index contributed by atoms with van der Waals surface area (Å²) in [6, 6.07) is 5.40. The van der Waals surface area contributed by atoms with Gasteiger partial charge < -0.3 is 14.1 Å². The molecule has 0 aliphatic heterocycles. The minimum atomic E-state index is -0.122. The summed E-state index contributed by atoms with van der Waals surface area (Å²) in [5.41, 5.74) is 0.458. The number of ether oxygens (including phenoxy) is 1. The average molecular weight is 263 g/mol. The Kier molecular flexibility index (Phi) is 4.35. The highest BCUT2D eigenvalue weighted by atomic mass is 16.5. The van der Waals surface area contributed by atoms with E-state index < -0.39 is 0 Å². The zero-order valence-electron chi connectivity index (χ0n) is 11.0. The molecule has 0 fully saturated rings. The fourth-order valence-corrected chi connectivity index (χ4v) is 1.76. The number of carbonyl (C=O) groups excluding carboxylic acids is 1. The molecule has 0 spiro atoms. The third-order valence-electron chi connectivity index (χ3n) is 2.73. The highest BCUT2D eigenvalue weighted by Crippen LogP contribution is 2.11. The van der Waals surface area contributed by atoms with Gasteiger partial charge in [-0.3, -0.25) is 9.89 Å². The minimum absolute atomic E-state index is 0.122. The summed E-state index contributed by atoms with van der Waals surface area (Å²) < 4.78 is 10.5. The largest absolute Gasteiger partial charge is 0.464 e. The highest BCUT2D eigenvalue weighted by molar-refractivity contribution is 5.92. The van der Waals surface area contributed by atoms with Crippen LogP contribution in [0.1, 0.15) is 22.0 Å². The molecule has 0 atom stereocenters. The second-order valence-electron chi connectivity index (χ2n) is 4.20. The molecule has 0 bridgehead atoms. The van der Waals surface area contributed by atoms with E-state index >= 15 is 0 Å². The van der Waals surface area contributed by atoms with Crippen molar-refractivity contribution in [3.63, 3.8) is 0 Å². The van der Waals surface area contributed by atoms with Gasteiger partial charge in [-0.1, -0.05) is 0 Å². The molecule has 6 heteroatoms. The van der Waals surface area contributed by atoms with Crippen LogP contribution in [-0.4, -0.2) is 41.3 Å². The number of methoxy groups -OCH3 is 1. The van der Waals surface area contributed by atoms with E-state index in [0.717, 1.165) is 11.5 Å². The van der Waals surface area contributed by atoms with Crippen molar-refractivity contribution in [3.05, 3.63) is 41.6 Å². The number of hydrogen-bond donors (Lipinski definition) is 1. The Hall–Kier alpha value is -2.08. The Morgan fingerprint density at radius 1 is 1.47 bits per heavy atom. The first-order valence-electron chi connectivity index (χ1n) is 6.03. The molecule has 2 rings (SSSR count). The fraction of sp³-hybridized carbons (Fsp3) is 0.385. The van der Waals surface area contributed by atoms with Gasteiger partial charge in [0.15, 0.2) is 0 Å². The number of aromatic nitrogens is 2. The van der Waals surface area contributed by atoms with Gasteiger partial charge in [0.1, 0.15) is 17.2 Å². The van der Waals surface area contributed by atoms with E-state index in [2.05, 4.69) is 10.2 Å². The molecular formula is C13H17N3O3. The van der Waals surface area contributed by atoms with Crippen LogP contribution in [0.15, 0.2) is 28.8 Å². The van der Waals surface area contributed by atoms with Gasteiger partial charge in [-0.15, -0.1) is 0 Å². The fourth-order valence-electron chi connectivity index (χ4n) is 1.76. The van der Waals surface area contributed by atoms with E-state index in [1.807, 2.05) is 19.1 Å². The van der Waals surface area contributed by atoms with Gasteiger partial charge >= 0.3 is 0 Å². The lowest BCUT2D eigenvalue weighted by Gasteiger charge is -2.20. The van der Waals surface area contributed by atoms with E-state index in [9.17, 15) is 4.79 Å². The highest BCUT2D eigenvalue weighted by Gasteiger charge is 2.18. The van der Waals surface area contributed by atoms with E-state index in [-0.39, 0.29) is 5.91 Å². The molecule has 0 aliphatic rings. The number of nitrogens with one attached hydrogen (secondary N) is 1. The molecule has 2 heterocycles. The molecule has 2 aromatic heterocycles. The molecule has 0 saturated carbocycles. The molecule has 0 aliphatic carbocycles. The molecule has 0 saturated heterocycles. The Bertz CT molecular complexity index is 519. The van der Waals surface area contributed by atoms with Gasteiger partial charge in [0, 0.05) is 19.9 Å². The summed E-state index contributed by atoms with van der Waals surface area (Å²) in [6.07, 6.45) is 1.55. The zero-order chi connectivity index (χ0) is 13.7. The maximum Gasteiger partial charge on any atom is 0.272 e. The average Bonchev–Trinajstić information content (AvgIpc) is 3.05. The first-order valence-corrected chi connectivity index (χ1v) is 6.03. The Balaban J connectivity index is 2.09. The predicted octanol–water partition coefficient (Wildman–Crippen LogP) is 1.60. The van der Waals surface area contributed by atoms with Crippen molar-refractivity contribution in [2.75, 3.05) is 20.3 Å². The monoisotopic (exact) mass is 263 g/mol. The van der Waals surface area contributed by atoms with E-state index in [0.29, 0.717) is 25.4 Å². The SMILES string of the molecule is COCCN(Cc1ccc(C)o1)C(=O)c1ccn[nH]1. The second-order valence-corrected chi connectivity index (χ2v) is 4.20. The van der Waals surface area contributed by atoms with Gasteiger partial charge in [0.2, 0.25) is 0 Å². The maximum atomic E-state index is 12.3. The molecule has 1 N–H and O–H groups in total. The second kappa shape index (κ2) is 6.19. The lowest BCUT2D eigenvalue weighted by molar-refractivity contribution is 0.0660. The normalized spacial score (nSPS) is 10.6. The predicted molar refractivity (Wildman–Crippen MR) is 68.6 cm³/mol. The molecular weight excluding hydrogens is 246 g/mol. The van der Waals surface area contributed by atoms with Crippen LogP contribution < -0.4 is 0 Å². The van der Waals surface area contributed by atoms with Gasteiger partial charge in [-0.25, -0.2) is 0 Å². The topological polar surface area (TPSA) is 71.4 Å². The number of aryl methyl sites for hydroxylation is 1. The van der Waals surface area contributed by atoms with Crippen LogP contribution in [0.25, 0.3) is 0 Å². The smallest absolute Gasteiger partial charge is 0.272 e. The summed E-state index contributed by atoms with van der Waals surface area (Å²) in [4.78, 5) is 13.9. The van der Waals surface area contributed by atoms with Crippen molar-refractivity contribution in [3.8, 4) is 0 Å². The van der Waals surface area contributed by atoms with Crippen LogP contribution >= 0.6 is 0 Å². The minimum Gasteiger partial charge on any atom is -0.464 e. The van der Waals surface area contributed by atoms with Crippen LogP contribution in [-0.2, 0) is 11.3 Å². The van der Waals surface area contributed by atoms with Crippen molar-refractivity contribution in [2.24, 2.45) is 0 Å². The lowest BCUT2D eigenvalue weighted by Crippen LogP contribution is -2.33. The molecule has 102 valence electrons. The van der Waals surface area contributed by atoms with Gasteiger partial charge in [-0.05, 0) is 25.1 Å². The van der Waals surface area contributed by atoms with Gasteiger partial charge in [0.25, 0.3) is 5.91 Å². The van der Waals surface area contributed by atoms with E-state index in [1.165, 1.54) is 0 Å². The first kappa shape index (κ1) is 13.4. The summed E-state index contributed by atoms with van der Waals surface area (Å²) >= 11 is 0. The van der Waals surface area contributed by atoms with Gasteiger partial charge in [-0.2, -0.15) is 5.10 Å². The number of rotatable bonds is 6. The van der Waals surface area contributed by atoms with Crippen LogP contribution in [0.5, 0.6) is 0 Å². The molecule has 0 radical (unpaired) electrons. The number of furan rings is 1. The van der Waals surface area contributed by atoms with Crippen molar-refractivity contribution >= 4 is 5.91 Å². The van der Waals surface area contributed by atoms with Crippen molar-refractivity contribution in [1.29, 1.82) is 0 Å². The summed E-state index contributed by atoms with van der Waals surface area (Å²) in [7, 11) is 1.61. The maximum absolute atomic E-state index is 12.3. The number of amides is 1. The van der Waals surface area contributed by atoms with Crippen LogP contribution in [0, 0.1) is 6.92 Å². The first-order chi connectivity index (χ1) is 9.20. The Labute approximate surface area is 111 Å². The molecule has 1 amide bonds. The number of hydrogen-bond acceptors (Lipinski definition) is 4. The van der Waals surface area contributed by atoms with E-state index in [1.54, 1.807) is 24.3 Å². The van der Waals surface area contributed by atoms with E-state index in [4.69, 9.17) is 9.15 Å². The van der Waals surface area contributed by atoms with Crippen molar-refractivity contribution in [2.45, 2.75) is 13.5 Å². The van der Waals surface area contributed by atoms with Crippen molar-refractivity contribution < 1.29 is 13.9 Å². The quantitative estimate of drug-likeness (QED) is 0.859. The number of aromatic amines is 1. The summed E-state index contributed by atoms with van der Waals surface area (Å²) in [5, 5.41) is 6.46. The molecule has 2 aromatic rings. The molecule has 0 aromatic carbocycles. The standard InChI is InChI=1S/C13H17N3O3/c1-10-3-4-11(19-10)9-16(7-8-18-2)13(17)12-5-6-14-15-12/h3-6H,7-9H2,1-2H3,(H,14,15). The van der Waals surface area contributed by atoms with Crippen LogP contribution in [0.4, 0.5) is 0 Å². The zero-order valence-corrected chi connectivity index (χ0v) is 11.0. The number of nitrogens with zero attached hydrogens (tertiary/aromatic N) is 2. The summed E-state index contributed by atoms with van der Waals surface area (Å²) in [5.74, 6) is 1.46. The Morgan fingerprint density at radius 3 is 2.89 bits per heavy atom.